The van der Waals surface area contributed by atoms with E-state index in [1.807, 2.05) is 6.92 Å². The first-order valence-electron chi connectivity index (χ1n) is 7.08. The molecule has 1 aromatic carbocycles. The molecule has 1 unspecified atom stereocenters. The lowest BCUT2D eigenvalue weighted by molar-refractivity contribution is -0.0505. The summed E-state index contributed by atoms with van der Waals surface area (Å²) in [5.41, 5.74) is 0.563. The summed E-state index contributed by atoms with van der Waals surface area (Å²) < 4.78 is 39.6. The van der Waals surface area contributed by atoms with Gasteiger partial charge in [0.2, 0.25) is 0 Å². The maximum Gasteiger partial charge on any atom is 0.387 e. The molecule has 1 rings (SSSR count). The van der Waals surface area contributed by atoms with Crippen molar-refractivity contribution in [3.63, 3.8) is 0 Å². The van der Waals surface area contributed by atoms with Crippen molar-refractivity contribution < 1.29 is 23.0 Å². The number of rotatable bonds is 8. The fourth-order valence-corrected chi connectivity index (χ4v) is 1.91. The third kappa shape index (κ3) is 7.95. The lowest BCUT2D eigenvalue weighted by atomic mass is 10.2. The van der Waals surface area contributed by atoms with Crippen LogP contribution < -0.4 is 20.1 Å². The van der Waals surface area contributed by atoms with Gasteiger partial charge in [-0.25, -0.2) is 0 Å². The molecule has 24 heavy (non-hydrogen) atoms. The molecule has 0 spiro atoms. The average molecular weight is 459 g/mol. The number of guanidine groups is 1. The number of ether oxygens (including phenoxy) is 3. The highest BCUT2D eigenvalue weighted by Gasteiger charge is 2.12. The predicted octanol–water partition coefficient (Wildman–Crippen LogP) is 2.61. The van der Waals surface area contributed by atoms with E-state index in [4.69, 9.17) is 9.47 Å². The van der Waals surface area contributed by atoms with Gasteiger partial charge >= 0.3 is 6.61 Å². The van der Waals surface area contributed by atoms with Crippen molar-refractivity contribution in [2.45, 2.75) is 26.1 Å². The second-order valence-electron chi connectivity index (χ2n) is 4.78. The third-order valence-corrected chi connectivity index (χ3v) is 2.96. The van der Waals surface area contributed by atoms with Crippen LogP contribution in [0.1, 0.15) is 12.5 Å². The minimum Gasteiger partial charge on any atom is -0.497 e. The lowest BCUT2D eigenvalue weighted by Gasteiger charge is -2.18. The first-order valence-corrected chi connectivity index (χ1v) is 7.08. The van der Waals surface area contributed by atoms with E-state index in [9.17, 15) is 8.78 Å². The highest BCUT2D eigenvalue weighted by Crippen LogP contribution is 2.26. The highest BCUT2D eigenvalue weighted by molar-refractivity contribution is 14.0. The molecule has 0 heterocycles. The summed E-state index contributed by atoms with van der Waals surface area (Å²) in [6.07, 6.45) is 0. The molecule has 0 fully saturated rings. The molecule has 0 aliphatic rings. The van der Waals surface area contributed by atoms with Gasteiger partial charge in [-0.15, -0.1) is 24.0 Å². The normalized spacial score (nSPS) is 12.4. The van der Waals surface area contributed by atoms with Gasteiger partial charge in [0.25, 0.3) is 0 Å². The summed E-state index contributed by atoms with van der Waals surface area (Å²) in [5, 5.41) is 6.16. The Hall–Kier alpha value is -1.36. The van der Waals surface area contributed by atoms with Crippen LogP contribution in [-0.4, -0.2) is 46.5 Å². The van der Waals surface area contributed by atoms with E-state index >= 15 is 0 Å². The van der Waals surface area contributed by atoms with Crippen LogP contribution in [0, 0.1) is 0 Å². The summed E-state index contributed by atoms with van der Waals surface area (Å²) >= 11 is 0. The maximum absolute atomic E-state index is 12.5. The first kappa shape index (κ1) is 22.6. The summed E-state index contributed by atoms with van der Waals surface area (Å²) in [6.45, 7) is -0.177. The second-order valence-corrected chi connectivity index (χ2v) is 4.78. The molecule has 0 aliphatic heterocycles. The van der Waals surface area contributed by atoms with Crippen LogP contribution in [0.2, 0.25) is 0 Å². The Labute approximate surface area is 158 Å². The average Bonchev–Trinajstić information content (AvgIpc) is 2.51. The van der Waals surface area contributed by atoms with Crippen molar-refractivity contribution in [2.24, 2.45) is 4.99 Å². The lowest BCUT2D eigenvalue weighted by Crippen LogP contribution is -2.43. The van der Waals surface area contributed by atoms with Crippen molar-refractivity contribution >= 4 is 29.9 Å². The van der Waals surface area contributed by atoms with Gasteiger partial charge in [-0.2, -0.15) is 8.78 Å². The molecule has 0 bridgehead atoms. The first-order chi connectivity index (χ1) is 11.0. The number of alkyl halides is 2. The molecule has 6 nitrogen and oxygen atoms in total. The van der Waals surface area contributed by atoms with Crippen LogP contribution in [0.3, 0.4) is 0 Å². The quantitative estimate of drug-likeness (QED) is 0.356. The second kappa shape index (κ2) is 12.1. The fourth-order valence-electron chi connectivity index (χ4n) is 1.91. The van der Waals surface area contributed by atoms with E-state index in [1.54, 1.807) is 26.3 Å². The molecular formula is C15H24F2IN3O3. The Morgan fingerprint density at radius 1 is 1.29 bits per heavy atom. The zero-order valence-electron chi connectivity index (χ0n) is 14.1. The Morgan fingerprint density at radius 3 is 2.54 bits per heavy atom. The van der Waals surface area contributed by atoms with Gasteiger partial charge in [-0.3, -0.25) is 4.99 Å². The number of aliphatic imine (C=N–C) groups is 1. The number of nitrogens with one attached hydrogen (secondary N) is 2. The van der Waals surface area contributed by atoms with Crippen LogP contribution >= 0.6 is 24.0 Å². The molecule has 138 valence electrons. The topological polar surface area (TPSA) is 64.1 Å². The van der Waals surface area contributed by atoms with Crippen molar-refractivity contribution in [1.82, 2.24) is 10.6 Å². The fraction of sp³-hybridized carbons (Fsp3) is 0.533. The van der Waals surface area contributed by atoms with E-state index in [-0.39, 0.29) is 42.3 Å². The molecule has 0 aromatic heterocycles. The van der Waals surface area contributed by atoms with Crippen molar-refractivity contribution in [2.75, 3.05) is 27.9 Å². The smallest absolute Gasteiger partial charge is 0.387 e. The van der Waals surface area contributed by atoms with E-state index in [2.05, 4.69) is 20.4 Å². The number of benzene rings is 1. The largest absolute Gasteiger partial charge is 0.497 e. The molecule has 0 aliphatic carbocycles. The standard InChI is InChI=1S/C15H23F2N3O3.HI/c1-10(9-21-3)20-15(18-2)19-8-11-5-6-12(22-4)7-13(11)23-14(16)17;/h5-7,10,14H,8-9H2,1-4H3,(H2,18,19,20);1H. The summed E-state index contributed by atoms with van der Waals surface area (Å²) in [6, 6.07) is 4.82. The van der Waals surface area contributed by atoms with E-state index in [1.165, 1.54) is 13.2 Å². The molecule has 1 aromatic rings. The molecule has 1 atom stereocenters. The van der Waals surface area contributed by atoms with E-state index in [0.717, 1.165) is 0 Å². The van der Waals surface area contributed by atoms with Gasteiger partial charge < -0.3 is 24.8 Å². The van der Waals surface area contributed by atoms with Crippen molar-refractivity contribution in [3.05, 3.63) is 23.8 Å². The zero-order chi connectivity index (χ0) is 17.2. The molecular weight excluding hydrogens is 435 g/mol. The van der Waals surface area contributed by atoms with Crippen molar-refractivity contribution in [1.29, 1.82) is 0 Å². The van der Waals surface area contributed by atoms with Gasteiger partial charge in [0.1, 0.15) is 11.5 Å². The van der Waals surface area contributed by atoms with Crippen LogP contribution in [0.4, 0.5) is 8.78 Å². The number of methoxy groups -OCH3 is 2. The maximum atomic E-state index is 12.5. The number of hydrogen-bond donors (Lipinski definition) is 2. The zero-order valence-corrected chi connectivity index (χ0v) is 16.5. The molecule has 0 saturated carbocycles. The highest BCUT2D eigenvalue weighted by atomic mass is 127. The molecule has 0 saturated heterocycles. The summed E-state index contributed by atoms with van der Waals surface area (Å²) in [4.78, 5) is 4.07. The van der Waals surface area contributed by atoms with Gasteiger partial charge in [0.05, 0.1) is 13.7 Å². The minimum atomic E-state index is -2.90. The van der Waals surface area contributed by atoms with Gasteiger partial charge in [0, 0.05) is 38.4 Å². The van der Waals surface area contributed by atoms with Gasteiger partial charge in [-0.1, -0.05) is 0 Å². The Bertz CT molecular complexity index is 519. The van der Waals surface area contributed by atoms with E-state index in [0.29, 0.717) is 23.9 Å². The van der Waals surface area contributed by atoms with Crippen LogP contribution in [0.15, 0.2) is 23.2 Å². The third-order valence-electron chi connectivity index (χ3n) is 2.96. The minimum absolute atomic E-state index is 0. The Morgan fingerprint density at radius 2 is 2.00 bits per heavy atom. The monoisotopic (exact) mass is 459 g/mol. The molecule has 0 amide bonds. The van der Waals surface area contributed by atoms with Crippen LogP contribution in [0.5, 0.6) is 11.5 Å². The Kier molecular flexibility index (Phi) is 11.4. The van der Waals surface area contributed by atoms with Gasteiger partial charge in [-0.05, 0) is 19.1 Å². The predicted molar refractivity (Wildman–Crippen MR) is 99.7 cm³/mol. The summed E-state index contributed by atoms with van der Waals surface area (Å²) in [5.74, 6) is 1.04. The molecule has 9 heteroatoms. The van der Waals surface area contributed by atoms with Gasteiger partial charge in [0.15, 0.2) is 5.96 Å². The number of nitrogens with zero attached hydrogens (tertiary/aromatic N) is 1. The van der Waals surface area contributed by atoms with E-state index < -0.39 is 6.61 Å². The SMILES string of the molecule is CN=C(NCc1ccc(OC)cc1OC(F)F)NC(C)COC.I. The van der Waals surface area contributed by atoms with Crippen LogP contribution in [-0.2, 0) is 11.3 Å². The molecule has 0 radical (unpaired) electrons. The summed E-state index contributed by atoms with van der Waals surface area (Å²) in [7, 11) is 4.70. The van der Waals surface area contributed by atoms with Crippen LogP contribution in [0.25, 0.3) is 0 Å². The Balaban J connectivity index is 0.00000529. The number of halogens is 3. The molecule has 2 N–H and O–H groups in total. The van der Waals surface area contributed by atoms with Crippen molar-refractivity contribution in [3.8, 4) is 11.5 Å². The number of hydrogen-bond acceptors (Lipinski definition) is 4.